The normalized spacial score (nSPS) is 10.9. The van der Waals surface area contributed by atoms with Crippen molar-refractivity contribution < 1.29 is 9.53 Å². The maximum atomic E-state index is 11.1. The summed E-state index contributed by atoms with van der Waals surface area (Å²) in [5.41, 5.74) is 2.28. The van der Waals surface area contributed by atoms with Crippen LogP contribution in [0.5, 0.6) is 0 Å². The lowest BCUT2D eigenvalue weighted by atomic mass is 10.1. The highest BCUT2D eigenvalue weighted by molar-refractivity contribution is 5.81. The van der Waals surface area contributed by atoms with E-state index in [1.165, 1.54) is 18.1 Å². The van der Waals surface area contributed by atoms with Gasteiger partial charge in [-0.25, -0.2) is 0 Å². The second-order valence-electron chi connectivity index (χ2n) is 4.90. The van der Waals surface area contributed by atoms with Crippen molar-refractivity contribution >= 4 is 16.9 Å². The van der Waals surface area contributed by atoms with Crippen molar-refractivity contribution in [1.29, 1.82) is 0 Å². The van der Waals surface area contributed by atoms with Gasteiger partial charge in [0.25, 0.3) is 0 Å². The van der Waals surface area contributed by atoms with E-state index in [1.54, 1.807) is 0 Å². The summed E-state index contributed by atoms with van der Waals surface area (Å²) in [6.45, 7) is 1.72. The van der Waals surface area contributed by atoms with Crippen LogP contribution in [0.4, 0.5) is 0 Å². The molecule has 4 nitrogen and oxygen atoms in total. The second kappa shape index (κ2) is 7.01. The predicted octanol–water partition coefficient (Wildman–Crippen LogP) is 2.62. The van der Waals surface area contributed by atoms with Crippen molar-refractivity contribution in [2.45, 2.75) is 19.4 Å². The number of hydrogen-bond acceptors (Lipinski definition) is 4. The van der Waals surface area contributed by atoms with Crippen molar-refractivity contribution in [2.24, 2.45) is 0 Å². The summed E-state index contributed by atoms with van der Waals surface area (Å²) >= 11 is 0. The average molecular weight is 272 g/mol. The minimum absolute atomic E-state index is 0.146. The summed E-state index contributed by atoms with van der Waals surface area (Å²) in [7, 11) is 3.49. The van der Waals surface area contributed by atoms with E-state index in [4.69, 9.17) is 0 Å². The number of fused-ring (bicyclic) bond motifs is 1. The monoisotopic (exact) mass is 272 g/mol. The Labute approximate surface area is 119 Å². The summed E-state index contributed by atoms with van der Waals surface area (Å²) in [6, 6.07) is 10.2. The number of hydrogen-bond donors (Lipinski definition) is 0. The molecule has 0 aliphatic heterocycles. The summed E-state index contributed by atoms with van der Waals surface area (Å²) in [4.78, 5) is 17.7. The van der Waals surface area contributed by atoms with Crippen LogP contribution in [0.25, 0.3) is 10.9 Å². The Morgan fingerprint density at radius 2 is 2.10 bits per heavy atom. The van der Waals surface area contributed by atoms with E-state index in [9.17, 15) is 4.79 Å². The highest BCUT2D eigenvalue weighted by atomic mass is 16.5. The van der Waals surface area contributed by atoms with Gasteiger partial charge in [-0.05, 0) is 37.7 Å². The third-order valence-electron chi connectivity index (χ3n) is 3.33. The number of pyridine rings is 1. The lowest BCUT2D eigenvalue weighted by Crippen LogP contribution is -2.20. The smallest absolute Gasteiger partial charge is 0.305 e. The van der Waals surface area contributed by atoms with Gasteiger partial charge in [-0.3, -0.25) is 9.78 Å². The number of aromatic nitrogens is 1. The standard InChI is InChI=1S/C16H20N2O2/c1-18(11-5-8-16(19)20-2)12-13-9-10-17-15-7-4-3-6-14(13)15/h3-4,6-7,9-10H,5,8,11-12H2,1-2H3. The molecule has 0 bridgehead atoms. The van der Waals surface area contributed by atoms with Gasteiger partial charge in [0, 0.05) is 24.5 Å². The number of benzene rings is 1. The SMILES string of the molecule is COC(=O)CCCN(C)Cc1ccnc2ccccc12. The molecule has 0 aliphatic carbocycles. The van der Waals surface area contributed by atoms with Crippen molar-refractivity contribution in [3.05, 3.63) is 42.1 Å². The maximum absolute atomic E-state index is 11.1. The number of nitrogens with zero attached hydrogens (tertiary/aromatic N) is 2. The molecule has 1 aromatic heterocycles. The first-order chi connectivity index (χ1) is 9.70. The molecule has 106 valence electrons. The Bertz CT molecular complexity index is 578. The molecule has 20 heavy (non-hydrogen) atoms. The van der Waals surface area contributed by atoms with Gasteiger partial charge in [-0.1, -0.05) is 18.2 Å². The molecular formula is C16H20N2O2. The van der Waals surface area contributed by atoms with Crippen LogP contribution < -0.4 is 0 Å². The molecular weight excluding hydrogens is 252 g/mol. The Balaban J connectivity index is 1.96. The average Bonchev–Trinajstić information content (AvgIpc) is 2.47. The van der Waals surface area contributed by atoms with Crippen LogP contribution in [0.2, 0.25) is 0 Å². The predicted molar refractivity (Wildman–Crippen MR) is 79.3 cm³/mol. The van der Waals surface area contributed by atoms with E-state index in [1.807, 2.05) is 24.4 Å². The first kappa shape index (κ1) is 14.5. The molecule has 0 aliphatic rings. The van der Waals surface area contributed by atoms with E-state index in [0.717, 1.165) is 25.0 Å². The zero-order chi connectivity index (χ0) is 14.4. The zero-order valence-electron chi connectivity index (χ0n) is 12.0. The van der Waals surface area contributed by atoms with E-state index >= 15 is 0 Å². The Morgan fingerprint density at radius 3 is 2.90 bits per heavy atom. The molecule has 1 heterocycles. The summed E-state index contributed by atoms with van der Waals surface area (Å²) < 4.78 is 4.64. The number of rotatable bonds is 6. The fraction of sp³-hybridized carbons (Fsp3) is 0.375. The number of para-hydroxylation sites is 1. The number of carbonyl (C=O) groups is 1. The van der Waals surface area contributed by atoms with Crippen LogP contribution >= 0.6 is 0 Å². The van der Waals surface area contributed by atoms with Gasteiger partial charge in [0.15, 0.2) is 0 Å². The zero-order valence-corrected chi connectivity index (χ0v) is 12.0. The molecule has 0 fully saturated rings. The number of carbonyl (C=O) groups excluding carboxylic acids is 1. The quantitative estimate of drug-likeness (QED) is 0.758. The van der Waals surface area contributed by atoms with Gasteiger partial charge in [-0.2, -0.15) is 0 Å². The Kier molecular flexibility index (Phi) is 5.07. The summed E-state index contributed by atoms with van der Waals surface area (Å²) in [6.07, 6.45) is 3.13. The van der Waals surface area contributed by atoms with Crippen LogP contribution in [-0.4, -0.2) is 36.6 Å². The van der Waals surface area contributed by atoms with Gasteiger partial charge in [0.05, 0.1) is 12.6 Å². The molecule has 0 atom stereocenters. The van der Waals surface area contributed by atoms with Gasteiger partial charge in [-0.15, -0.1) is 0 Å². The first-order valence-electron chi connectivity index (χ1n) is 6.78. The number of methoxy groups -OCH3 is 1. The molecule has 0 N–H and O–H groups in total. The molecule has 0 spiro atoms. The van der Waals surface area contributed by atoms with Crippen LogP contribution in [0.3, 0.4) is 0 Å². The highest BCUT2D eigenvalue weighted by Crippen LogP contribution is 2.17. The lowest BCUT2D eigenvalue weighted by Gasteiger charge is -2.17. The minimum atomic E-state index is -0.146. The van der Waals surface area contributed by atoms with Crippen LogP contribution in [0.1, 0.15) is 18.4 Å². The number of esters is 1. The third kappa shape index (κ3) is 3.78. The molecule has 2 aromatic rings. The molecule has 0 radical (unpaired) electrons. The molecule has 0 saturated heterocycles. The van der Waals surface area contributed by atoms with Gasteiger partial charge in [0.1, 0.15) is 0 Å². The largest absolute Gasteiger partial charge is 0.469 e. The second-order valence-corrected chi connectivity index (χ2v) is 4.90. The maximum Gasteiger partial charge on any atom is 0.305 e. The first-order valence-corrected chi connectivity index (χ1v) is 6.78. The van der Waals surface area contributed by atoms with Gasteiger partial charge in [0.2, 0.25) is 0 Å². The molecule has 0 amide bonds. The van der Waals surface area contributed by atoms with E-state index in [0.29, 0.717) is 6.42 Å². The minimum Gasteiger partial charge on any atom is -0.469 e. The molecule has 0 saturated carbocycles. The Hall–Kier alpha value is -1.94. The molecule has 4 heteroatoms. The van der Waals surface area contributed by atoms with E-state index in [-0.39, 0.29) is 5.97 Å². The van der Waals surface area contributed by atoms with Crippen LogP contribution in [0, 0.1) is 0 Å². The molecule has 0 unspecified atom stereocenters. The molecule has 1 aromatic carbocycles. The highest BCUT2D eigenvalue weighted by Gasteiger charge is 2.06. The van der Waals surface area contributed by atoms with Gasteiger partial charge < -0.3 is 9.64 Å². The van der Waals surface area contributed by atoms with Crippen molar-refractivity contribution in [3.8, 4) is 0 Å². The van der Waals surface area contributed by atoms with Crippen molar-refractivity contribution in [2.75, 3.05) is 20.7 Å². The van der Waals surface area contributed by atoms with Crippen molar-refractivity contribution in [3.63, 3.8) is 0 Å². The van der Waals surface area contributed by atoms with Crippen LogP contribution in [-0.2, 0) is 16.1 Å². The van der Waals surface area contributed by atoms with E-state index in [2.05, 4.69) is 33.8 Å². The Morgan fingerprint density at radius 1 is 1.30 bits per heavy atom. The molecule has 2 rings (SSSR count). The lowest BCUT2D eigenvalue weighted by molar-refractivity contribution is -0.140. The van der Waals surface area contributed by atoms with Gasteiger partial charge >= 0.3 is 5.97 Å². The third-order valence-corrected chi connectivity index (χ3v) is 3.33. The fourth-order valence-electron chi connectivity index (χ4n) is 2.26. The van der Waals surface area contributed by atoms with Crippen LogP contribution in [0.15, 0.2) is 36.5 Å². The summed E-state index contributed by atoms with van der Waals surface area (Å²) in [5, 5.41) is 1.19. The van der Waals surface area contributed by atoms with E-state index < -0.39 is 0 Å². The topological polar surface area (TPSA) is 42.4 Å². The summed E-state index contributed by atoms with van der Waals surface area (Å²) in [5.74, 6) is -0.146. The van der Waals surface area contributed by atoms with Crippen molar-refractivity contribution in [1.82, 2.24) is 9.88 Å². The number of ether oxygens (including phenoxy) is 1. The fourth-order valence-corrected chi connectivity index (χ4v) is 2.26.